The van der Waals surface area contributed by atoms with Crippen molar-refractivity contribution in [3.63, 3.8) is 0 Å². The van der Waals surface area contributed by atoms with E-state index in [4.69, 9.17) is 9.97 Å². The minimum atomic E-state index is 0.393. The number of hydrogen-bond acceptors (Lipinski definition) is 8. The van der Waals surface area contributed by atoms with E-state index in [0.717, 1.165) is 72.6 Å². The van der Waals surface area contributed by atoms with E-state index in [9.17, 15) is 21.0 Å². The first-order chi connectivity index (χ1) is 38.0. The molecule has 0 fully saturated rings. The largest absolute Gasteiger partial charge is 0.310 e. The first-order valence-corrected chi connectivity index (χ1v) is 24.9. The highest BCUT2D eigenvalue weighted by Gasteiger charge is 2.23. The van der Waals surface area contributed by atoms with Crippen LogP contribution in [-0.4, -0.2) is 14.5 Å². The highest BCUT2D eigenvalue weighted by atomic mass is 15.1. The van der Waals surface area contributed by atoms with Crippen molar-refractivity contribution in [1.29, 1.82) is 21.0 Å². The van der Waals surface area contributed by atoms with Crippen LogP contribution in [0.2, 0.25) is 0 Å². The van der Waals surface area contributed by atoms with Gasteiger partial charge in [0.1, 0.15) is 6.07 Å². The second-order valence-electron chi connectivity index (χ2n) is 18.3. The number of rotatable bonds is 11. The molecule has 358 valence electrons. The lowest BCUT2D eigenvalue weighted by molar-refractivity contribution is 1.16. The van der Waals surface area contributed by atoms with Gasteiger partial charge in [-0.3, -0.25) is 0 Å². The highest BCUT2D eigenvalue weighted by Crippen LogP contribution is 2.44. The van der Waals surface area contributed by atoms with Gasteiger partial charge in [0.05, 0.1) is 68.6 Å². The van der Waals surface area contributed by atoms with Crippen LogP contribution in [0.15, 0.2) is 249 Å². The standard InChI is InChI=1S/C68H41N9/c69-42-46-15-13-17-50(35-46)64-41-63(73-68(74-64)51-18-14-16-47(36-51)43-70)49-29-27-48(28-30-49)60-37-53(45-72)67(38-52(60)44-71)77-65-33-31-58(75(54-19-5-1-6-20-54)55-21-7-2-8-22-55)39-61(65)62-40-59(32-34-66(62)77)76(56-23-9-3-10-24-56)57-25-11-4-12-26-57/h1-41H. The molecule has 0 N–H and O–H groups in total. The molecule has 0 saturated heterocycles. The Morgan fingerprint density at radius 2 is 0.766 bits per heavy atom. The van der Waals surface area contributed by atoms with Crippen LogP contribution in [0.1, 0.15) is 22.3 Å². The molecule has 0 saturated carbocycles. The molecule has 0 amide bonds. The van der Waals surface area contributed by atoms with Crippen molar-refractivity contribution in [3.05, 3.63) is 271 Å². The zero-order valence-corrected chi connectivity index (χ0v) is 41.2. The Kier molecular flexibility index (Phi) is 12.3. The highest BCUT2D eigenvalue weighted by molar-refractivity contribution is 6.12. The van der Waals surface area contributed by atoms with Gasteiger partial charge in [-0.25, -0.2) is 9.97 Å². The number of fused-ring (bicyclic) bond motifs is 3. The summed E-state index contributed by atoms with van der Waals surface area (Å²) in [6.45, 7) is 0. The number of nitrogens with zero attached hydrogens (tertiary/aromatic N) is 9. The van der Waals surface area contributed by atoms with Crippen LogP contribution in [0.25, 0.3) is 72.5 Å². The fourth-order valence-electron chi connectivity index (χ4n) is 10.1. The maximum Gasteiger partial charge on any atom is 0.160 e. The van der Waals surface area contributed by atoms with Crippen molar-refractivity contribution in [2.45, 2.75) is 0 Å². The topological polar surface area (TPSA) is 132 Å². The molecule has 0 aliphatic rings. The summed E-state index contributed by atoms with van der Waals surface area (Å²) in [6.07, 6.45) is 0. The molecular weight excluding hydrogens is 943 g/mol. The van der Waals surface area contributed by atoms with E-state index in [1.807, 2.05) is 133 Å². The SMILES string of the molecule is N#Cc1cccc(-c2cc(-c3ccc(-c4cc(C#N)c(-n5c6ccc(N(c7ccccc7)c7ccccc7)cc6c6cc(N(c7ccccc7)c7ccccc7)ccc65)cc4C#N)cc3)nc(-c3cccc(C#N)c3)n2)c1. The van der Waals surface area contributed by atoms with Gasteiger partial charge in [-0.05, 0) is 133 Å². The van der Waals surface area contributed by atoms with E-state index in [0.29, 0.717) is 56.3 Å². The molecule has 0 spiro atoms. The molecule has 0 unspecified atom stereocenters. The number of aromatic nitrogens is 3. The molecular formula is C68H41N9. The van der Waals surface area contributed by atoms with E-state index < -0.39 is 0 Å². The number of para-hydroxylation sites is 4. The molecule has 0 radical (unpaired) electrons. The van der Waals surface area contributed by atoms with Crippen LogP contribution < -0.4 is 9.80 Å². The zero-order valence-electron chi connectivity index (χ0n) is 41.2. The molecule has 10 aromatic carbocycles. The zero-order chi connectivity index (χ0) is 52.2. The summed E-state index contributed by atoms with van der Waals surface area (Å²) in [5.41, 5.74) is 14.8. The lowest BCUT2D eigenvalue weighted by Crippen LogP contribution is -2.09. The molecule has 77 heavy (non-hydrogen) atoms. The van der Waals surface area contributed by atoms with E-state index in [-0.39, 0.29) is 0 Å². The third kappa shape index (κ3) is 8.92. The number of hydrogen-bond donors (Lipinski definition) is 0. The number of nitriles is 4. The quantitative estimate of drug-likeness (QED) is 0.125. The number of benzene rings is 10. The van der Waals surface area contributed by atoms with Gasteiger partial charge in [-0.2, -0.15) is 21.0 Å². The Balaban J connectivity index is 1.00. The molecule has 0 atom stereocenters. The van der Waals surface area contributed by atoms with Crippen molar-refractivity contribution >= 4 is 55.9 Å². The summed E-state index contributed by atoms with van der Waals surface area (Å²) >= 11 is 0. The average molecular weight is 984 g/mol. The minimum absolute atomic E-state index is 0.393. The van der Waals surface area contributed by atoms with Gasteiger partial charge >= 0.3 is 0 Å². The van der Waals surface area contributed by atoms with E-state index in [1.165, 1.54) is 0 Å². The number of anilines is 6. The lowest BCUT2D eigenvalue weighted by Gasteiger charge is -2.26. The van der Waals surface area contributed by atoms with Crippen LogP contribution in [0.3, 0.4) is 0 Å². The molecule has 2 aromatic heterocycles. The van der Waals surface area contributed by atoms with Gasteiger partial charge in [0.15, 0.2) is 5.82 Å². The predicted molar refractivity (Wildman–Crippen MR) is 306 cm³/mol. The Morgan fingerprint density at radius 3 is 1.23 bits per heavy atom. The molecule has 12 rings (SSSR count). The van der Waals surface area contributed by atoms with Gasteiger partial charge in [0, 0.05) is 67.2 Å². The molecule has 12 aromatic rings. The van der Waals surface area contributed by atoms with Crippen LogP contribution in [0, 0.1) is 45.3 Å². The van der Waals surface area contributed by atoms with E-state index in [1.54, 1.807) is 30.3 Å². The Hall–Kier alpha value is -11.4. The second-order valence-corrected chi connectivity index (χ2v) is 18.3. The van der Waals surface area contributed by atoms with E-state index in [2.05, 4.69) is 124 Å². The van der Waals surface area contributed by atoms with Crippen LogP contribution in [0.4, 0.5) is 34.1 Å². The third-order valence-corrected chi connectivity index (χ3v) is 13.7. The molecule has 0 aliphatic carbocycles. The average Bonchev–Trinajstić information content (AvgIpc) is 3.85. The summed E-state index contributed by atoms with van der Waals surface area (Å²) in [5, 5.41) is 43.4. The van der Waals surface area contributed by atoms with Crippen molar-refractivity contribution in [1.82, 2.24) is 14.5 Å². The van der Waals surface area contributed by atoms with E-state index >= 15 is 0 Å². The Morgan fingerprint density at radius 1 is 0.325 bits per heavy atom. The van der Waals surface area contributed by atoms with Crippen LogP contribution in [-0.2, 0) is 0 Å². The molecule has 9 nitrogen and oxygen atoms in total. The molecule has 0 bridgehead atoms. The summed E-state index contributed by atoms with van der Waals surface area (Å²) in [5.74, 6) is 0.425. The van der Waals surface area contributed by atoms with Gasteiger partial charge < -0.3 is 14.4 Å². The fraction of sp³-hybridized carbons (Fsp3) is 0. The maximum atomic E-state index is 11.1. The Labute approximate surface area is 445 Å². The van der Waals surface area contributed by atoms with Gasteiger partial charge in [-0.15, -0.1) is 0 Å². The summed E-state index contributed by atoms with van der Waals surface area (Å²) in [6, 6.07) is 91.2. The van der Waals surface area contributed by atoms with Crippen molar-refractivity contribution in [3.8, 4) is 75.0 Å². The lowest BCUT2D eigenvalue weighted by atomic mass is 9.95. The van der Waals surface area contributed by atoms with Crippen LogP contribution >= 0.6 is 0 Å². The minimum Gasteiger partial charge on any atom is -0.310 e. The fourth-order valence-corrected chi connectivity index (χ4v) is 10.1. The van der Waals surface area contributed by atoms with Crippen LogP contribution in [0.5, 0.6) is 0 Å². The normalized spacial score (nSPS) is 10.8. The monoisotopic (exact) mass is 983 g/mol. The van der Waals surface area contributed by atoms with Crippen molar-refractivity contribution < 1.29 is 0 Å². The van der Waals surface area contributed by atoms with Gasteiger partial charge in [0.25, 0.3) is 0 Å². The summed E-state index contributed by atoms with van der Waals surface area (Å²) in [7, 11) is 0. The van der Waals surface area contributed by atoms with Crippen molar-refractivity contribution in [2.75, 3.05) is 9.80 Å². The molecule has 2 heterocycles. The summed E-state index contributed by atoms with van der Waals surface area (Å²) in [4.78, 5) is 14.4. The Bertz CT molecular complexity index is 4080. The predicted octanol–water partition coefficient (Wildman–Crippen LogP) is 16.7. The maximum absolute atomic E-state index is 11.1. The molecule has 9 heteroatoms. The third-order valence-electron chi connectivity index (χ3n) is 13.7. The van der Waals surface area contributed by atoms with Crippen molar-refractivity contribution in [2.24, 2.45) is 0 Å². The molecule has 0 aliphatic heterocycles. The van der Waals surface area contributed by atoms with Gasteiger partial charge in [0.2, 0.25) is 0 Å². The second kappa shape index (κ2) is 20.3. The van der Waals surface area contributed by atoms with Gasteiger partial charge in [-0.1, -0.05) is 121 Å². The smallest absolute Gasteiger partial charge is 0.160 e. The summed E-state index contributed by atoms with van der Waals surface area (Å²) < 4.78 is 2.11. The first-order valence-electron chi connectivity index (χ1n) is 24.9. The first kappa shape index (κ1) is 46.7.